The third-order valence-corrected chi connectivity index (χ3v) is 5.83. The molecule has 0 atom stereocenters. The third kappa shape index (κ3) is 4.37. The number of carbonyl (C=O) groups is 1. The standard InChI is InChI=1S/C24H29N3O4/c1-4-31-24-25-19-7-5-6-8-20(19)27(24)18-11-13-26(14-12-18)16-21(28)17-9-10-22(29-2)23(15-17)30-3/h5-10,15,18H,4,11-14,16H2,1-3H3. The Morgan fingerprint density at radius 2 is 1.81 bits per heavy atom. The van der Waals surface area contributed by atoms with Crippen molar-refractivity contribution in [3.05, 3.63) is 48.0 Å². The summed E-state index contributed by atoms with van der Waals surface area (Å²) in [4.78, 5) is 19.7. The van der Waals surface area contributed by atoms with Crippen LogP contribution >= 0.6 is 0 Å². The summed E-state index contributed by atoms with van der Waals surface area (Å²) in [7, 11) is 3.16. The normalized spacial score (nSPS) is 15.2. The van der Waals surface area contributed by atoms with Crippen molar-refractivity contribution < 1.29 is 19.0 Å². The molecule has 0 unspecified atom stereocenters. The van der Waals surface area contributed by atoms with Crippen LogP contribution in [-0.4, -0.2) is 60.7 Å². The number of ketones is 1. The summed E-state index contributed by atoms with van der Waals surface area (Å²) in [5, 5.41) is 0. The highest BCUT2D eigenvalue weighted by molar-refractivity contribution is 5.98. The molecule has 0 spiro atoms. The van der Waals surface area contributed by atoms with Crippen molar-refractivity contribution >= 4 is 16.8 Å². The van der Waals surface area contributed by atoms with Crippen LogP contribution < -0.4 is 14.2 Å². The molecule has 0 N–H and O–H groups in total. The minimum atomic E-state index is 0.0856. The number of fused-ring (bicyclic) bond motifs is 1. The van der Waals surface area contributed by atoms with Gasteiger partial charge >= 0.3 is 0 Å². The highest BCUT2D eigenvalue weighted by Gasteiger charge is 2.26. The molecule has 3 aromatic rings. The maximum Gasteiger partial charge on any atom is 0.297 e. The summed E-state index contributed by atoms with van der Waals surface area (Å²) in [5.41, 5.74) is 2.70. The van der Waals surface area contributed by atoms with Gasteiger partial charge in [0.2, 0.25) is 0 Å². The predicted molar refractivity (Wildman–Crippen MR) is 119 cm³/mol. The number of piperidine rings is 1. The largest absolute Gasteiger partial charge is 0.493 e. The maximum absolute atomic E-state index is 12.8. The fourth-order valence-electron chi connectivity index (χ4n) is 4.25. The summed E-state index contributed by atoms with van der Waals surface area (Å²) < 4.78 is 18.6. The summed E-state index contributed by atoms with van der Waals surface area (Å²) in [6.45, 7) is 4.66. The minimum absolute atomic E-state index is 0.0856. The zero-order valence-electron chi connectivity index (χ0n) is 18.3. The van der Waals surface area contributed by atoms with Crippen LogP contribution in [-0.2, 0) is 0 Å². The number of carbonyl (C=O) groups excluding carboxylic acids is 1. The second-order valence-corrected chi connectivity index (χ2v) is 7.69. The molecular formula is C24H29N3O4. The quantitative estimate of drug-likeness (QED) is 0.511. The lowest BCUT2D eigenvalue weighted by Crippen LogP contribution is -2.38. The molecular weight excluding hydrogens is 394 g/mol. The fourth-order valence-corrected chi connectivity index (χ4v) is 4.25. The zero-order chi connectivity index (χ0) is 21.8. The van der Waals surface area contributed by atoms with Crippen LogP contribution in [0.3, 0.4) is 0 Å². The number of para-hydroxylation sites is 2. The first-order chi connectivity index (χ1) is 15.1. The van der Waals surface area contributed by atoms with Gasteiger partial charge in [0.25, 0.3) is 6.01 Å². The maximum atomic E-state index is 12.8. The first kappa shape index (κ1) is 21.2. The SMILES string of the molecule is CCOc1nc2ccccc2n1C1CCN(CC(=O)c2ccc(OC)c(OC)c2)CC1. The number of methoxy groups -OCH3 is 2. The van der Waals surface area contributed by atoms with Crippen LogP contribution in [0.25, 0.3) is 11.0 Å². The number of Topliss-reactive ketones (excluding diaryl/α,β-unsaturated/α-hetero) is 1. The van der Waals surface area contributed by atoms with Crippen LogP contribution in [0.15, 0.2) is 42.5 Å². The molecule has 7 nitrogen and oxygen atoms in total. The lowest BCUT2D eigenvalue weighted by atomic mass is 10.0. The van der Waals surface area contributed by atoms with Crippen LogP contribution in [0.5, 0.6) is 17.5 Å². The van der Waals surface area contributed by atoms with E-state index in [9.17, 15) is 4.79 Å². The van der Waals surface area contributed by atoms with E-state index in [-0.39, 0.29) is 5.78 Å². The van der Waals surface area contributed by atoms with Crippen LogP contribution in [0.4, 0.5) is 0 Å². The van der Waals surface area contributed by atoms with E-state index >= 15 is 0 Å². The predicted octanol–water partition coefficient (Wildman–Crippen LogP) is 3.97. The molecule has 1 aliphatic heterocycles. The molecule has 2 heterocycles. The summed E-state index contributed by atoms with van der Waals surface area (Å²) in [6, 6.07) is 14.5. The van der Waals surface area contributed by atoms with E-state index in [1.807, 2.05) is 25.1 Å². The Hall–Kier alpha value is -3.06. The number of hydrogen-bond acceptors (Lipinski definition) is 6. The summed E-state index contributed by atoms with van der Waals surface area (Å²) >= 11 is 0. The second-order valence-electron chi connectivity index (χ2n) is 7.69. The molecule has 4 rings (SSSR count). The number of nitrogens with zero attached hydrogens (tertiary/aromatic N) is 3. The smallest absolute Gasteiger partial charge is 0.297 e. The minimum Gasteiger partial charge on any atom is -0.493 e. The van der Waals surface area contributed by atoms with Crippen molar-refractivity contribution in [2.24, 2.45) is 0 Å². The third-order valence-electron chi connectivity index (χ3n) is 5.83. The Labute approximate surface area is 182 Å². The number of imidazole rings is 1. The molecule has 2 aromatic carbocycles. The Bertz CT molecular complexity index is 1050. The molecule has 1 aromatic heterocycles. The van der Waals surface area contributed by atoms with Gasteiger partial charge in [-0.05, 0) is 50.1 Å². The van der Waals surface area contributed by atoms with Crippen molar-refractivity contribution in [3.63, 3.8) is 0 Å². The second kappa shape index (κ2) is 9.39. The molecule has 1 saturated heterocycles. The van der Waals surface area contributed by atoms with Crippen LogP contribution in [0, 0.1) is 0 Å². The summed E-state index contributed by atoms with van der Waals surface area (Å²) in [6.07, 6.45) is 1.89. The van der Waals surface area contributed by atoms with Crippen molar-refractivity contribution in [2.75, 3.05) is 40.5 Å². The Kier molecular flexibility index (Phi) is 6.42. The lowest BCUT2D eigenvalue weighted by Gasteiger charge is -2.32. The van der Waals surface area contributed by atoms with Crippen molar-refractivity contribution in [2.45, 2.75) is 25.8 Å². The molecule has 0 amide bonds. The average Bonchev–Trinajstić information content (AvgIpc) is 3.17. The van der Waals surface area contributed by atoms with E-state index < -0.39 is 0 Å². The monoisotopic (exact) mass is 423 g/mol. The van der Waals surface area contributed by atoms with Gasteiger partial charge in [0.15, 0.2) is 17.3 Å². The molecule has 1 aliphatic rings. The number of likely N-dealkylation sites (tertiary alicyclic amines) is 1. The first-order valence-electron chi connectivity index (χ1n) is 10.7. The zero-order valence-corrected chi connectivity index (χ0v) is 18.3. The molecule has 0 aliphatic carbocycles. The lowest BCUT2D eigenvalue weighted by molar-refractivity contribution is 0.0895. The van der Waals surface area contributed by atoms with Gasteiger partial charge in [-0.3, -0.25) is 14.3 Å². The van der Waals surface area contributed by atoms with Gasteiger partial charge < -0.3 is 14.2 Å². The van der Waals surface area contributed by atoms with Gasteiger partial charge in [0.1, 0.15) is 0 Å². The molecule has 31 heavy (non-hydrogen) atoms. The van der Waals surface area contributed by atoms with Gasteiger partial charge in [-0.2, -0.15) is 4.98 Å². The van der Waals surface area contributed by atoms with Crippen molar-refractivity contribution in [1.29, 1.82) is 0 Å². The number of rotatable bonds is 8. The topological polar surface area (TPSA) is 65.8 Å². The van der Waals surface area contributed by atoms with E-state index in [2.05, 4.69) is 20.5 Å². The van der Waals surface area contributed by atoms with E-state index in [4.69, 9.17) is 14.2 Å². The van der Waals surface area contributed by atoms with E-state index in [1.165, 1.54) is 0 Å². The van der Waals surface area contributed by atoms with Gasteiger partial charge in [-0.25, -0.2) is 0 Å². The molecule has 1 fully saturated rings. The number of aromatic nitrogens is 2. The van der Waals surface area contributed by atoms with Crippen LogP contribution in [0.2, 0.25) is 0 Å². The van der Waals surface area contributed by atoms with E-state index in [1.54, 1.807) is 32.4 Å². The number of hydrogen-bond donors (Lipinski definition) is 0. The van der Waals surface area contributed by atoms with Gasteiger partial charge in [-0.15, -0.1) is 0 Å². The van der Waals surface area contributed by atoms with Gasteiger partial charge in [0, 0.05) is 24.7 Å². The average molecular weight is 424 g/mol. The van der Waals surface area contributed by atoms with E-state index in [0.717, 1.165) is 37.0 Å². The Balaban J connectivity index is 1.43. The number of ether oxygens (including phenoxy) is 3. The van der Waals surface area contributed by atoms with Crippen molar-refractivity contribution in [1.82, 2.24) is 14.5 Å². The molecule has 0 saturated carbocycles. The Morgan fingerprint density at radius 3 is 2.52 bits per heavy atom. The van der Waals surface area contributed by atoms with Gasteiger partial charge in [0.05, 0.1) is 38.4 Å². The van der Waals surface area contributed by atoms with Crippen LogP contribution in [0.1, 0.15) is 36.2 Å². The first-order valence-corrected chi connectivity index (χ1v) is 10.7. The molecule has 7 heteroatoms. The van der Waals surface area contributed by atoms with Crippen molar-refractivity contribution in [3.8, 4) is 17.5 Å². The highest BCUT2D eigenvalue weighted by atomic mass is 16.5. The molecule has 164 valence electrons. The van der Waals surface area contributed by atoms with Gasteiger partial charge in [-0.1, -0.05) is 12.1 Å². The highest BCUT2D eigenvalue weighted by Crippen LogP contribution is 2.32. The number of benzene rings is 2. The fraction of sp³-hybridized carbons (Fsp3) is 0.417. The Morgan fingerprint density at radius 1 is 1.06 bits per heavy atom. The van der Waals surface area contributed by atoms with E-state index in [0.29, 0.717) is 42.3 Å². The molecule has 0 radical (unpaired) electrons. The summed E-state index contributed by atoms with van der Waals surface area (Å²) in [5.74, 6) is 1.28. The molecule has 0 bridgehead atoms.